The van der Waals surface area contributed by atoms with Crippen LogP contribution in [0.1, 0.15) is 49.7 Å². The number of ether oxygens (including phenoxy) is 1. The van der Waals surface area contributed by atoms with E-state index in [2.05, 4.69) is 5.32 Å². The van der Waals surface area contributed by atoms with E-state index in [1.165, 1.54) is 31.7 Å². The number of nitrogens with one attached hydrogen (secondary N) is 1. The van der Waals surface area contributed by atoms with E-state index in [0.717, 1.165) is 12.8 Å². The summed E-state index contributed by atoms with van der Waals surface area (Å²) >= 11 is 0. The maximum Gasteiger partial charge on any atom is 0.416 e. The van der Waals surface area contributed by atoms with Gasteiger partial charge < -0.3 is 15.0 Å². The van der Waals surface area contributed by atoms with Crippen LogP contribution in [0.25, 0.3) is 0 Å². The molecule has 3 rings (SSSR count). The number of rotatable bonds is 4. The molecule has 1 aromatic rings. The van der Waals surface area contributed by atoms with Crippen LogP contribution in [0.2, 0.25) is 0 Å². The molecule has 0 aromatic heterocycles. The Bertz CT molecular complexity index is 548. The molecule has 1 saturated carbocycles. The minimum Gasteiger partial charge on any atom is -0.378 e. The van der Waals surface area contributed by atoms with Gasteiger partial charge in [-0.2, -0.15) is 13.2 Å². The second kappa shape index (κ2) is 8.41. The highest BCUT2D eigenvalue weighted by molar-refractivity contribution is 5.52. The van der Waals surface area contributed by atoms with Crippen LogP contribution < -0.4 is 10.2 Å². The van der Waals surface area contributed by atoms with E-state index in [0.29, 0.717) is 43.6 Å². The predicted molar refractivity (Wildman–Crippen MR) is 92.8 cm³/mol. The maximum absolute atomic E-state index is 13.6. The summed E-state index contributed by atoms with van der Waals surface area (Å²) in [6.45, 7) is 2.68. The summed E-state index contributed by atoms with van der Waals surface area (Å²) in [4.78, 5) is 1.96. The van der Waals surface area contributed by atoms with Gasteiger partial charge in [-0.3, -0.25) is 0 Å². The normalized spacial score (nSPS) is 20.5. The van der Waals surface area contributed by atoms with Gasteiger partial charge in [0.2, 0.25) is 0 Å². The zero-order chi connectivity index (χ0) is 17.7. The Kier molecular flexibility index (Phi) is 6.23. The zero-order valence-electron chi connectivity index (χ0n) is 14.6. The van der Waals surface area contributed by atoms with E-state index < -0.39 is 11.7 Å². The molecular formula is C19H27F3N2O. The first-order chi connectivity index (χ1) is 12.0. The Morgan fingerprint density at radius 2 is 1.72 bits per heavy atom. The van der Waals surface area contributed by atoms with E-state index >= 15 is 0 Å². The Labute approximate surface area is 147 Å². The fraction of sp³-hybridized carbons (Fsp3) is 0.684. The first kappa shape index (κ1) is 18.5. The van der Waals surface area contributed by atoms with Crippen LogP contribution in [0.3, 0.4) is 0 Å². The van der Waals surface area contributed by atoms with Crippen molar-refractivity contribution in [2.24, 2.45) is 0 Å². The highest BCUT2D eigenvalue weighted by atomic mass is 19.4. The smallest absolute Gasteiger partial charge is 0.378 e. The molecular weight excluding hydrogens is 329 g/mol. The number of halogens is 3. The van der Waals surface area contributed by atoms with Crippen molar-refractivity contribution >= 4 is 5.69 Å². The largest absolute Gasteiger partial charge is 0.416 e. The van der Waals surface area contributed by atoms with Crippen molar-refractivity contribution in [2.75, 3.05) is 31.2 Å². The van der Waals surface area contributed by atoms with Gasteiger partial charge in [-0.15, -0.1) is 0 Å². The Morgan fingerprint density at radius 3 is 2.36 bits per heavy atom. The van der Waals surface area contributed by atoms with Crippen LogP contribution >= 0.6 is 0 Å². The standard InChI is InChI=1S/C19H27F3N2O/c20-19(21,22)18-13-17(24-9-11-25-12-10-24)8-7-15(18)14-23-16-5-3-1-2-4-6-16/h7-8,13,16,23H,1-6,9-12,14H2. The van der Waals surface area contributed by atoms with Gasteiger partial charge in [0.25, 0.3) is 0 Å². The molecule has 1 aliphatic heterocycles. The second-order valence-electron chi connectivity index (χ2n) is 7.01. The molecule has 0 spiro atoms. The molecule has 1 aliphatic carbocycles. The fourth-order valence-electron chi connectivity index (χ4n) is 3.74. The van der Waals surface area contributed by atoms with Crippen LogP contribution in [0.5, 0.6) is 0 Å². The summed E-state index contributed by atoms with van der Waals surface area (Å²) in [5.74, 6) is 0. The molecule has 25 heavy (non-hydrogen) atoms. The van der Waals surface area contributed by atoms with E-state index in [-0.39, 0.29) is 6.54 Å². The van der Waals surface area contributed by atoms with Gasteiger partial charge in [0.15, 0.2) is 0 Å². The van der Waals surface area contributed by atoms with Crippen LogP contribution in [0, 0.1) is 0 Å². The molecule has 1 aromatic carbocycles. The second-order valence-corrected chi connectivity index (χ2v) is 7.01. The fourth-order valence-corrected chi connectivity index (χ4v) is 3.74. The highest BCUT2D eigenvalue weighted by Crippen LogP contribution is 2.35. The Morgan fingerprint density at radius 1 is 1.04 bits per heavy atom. The number of hydrogen-bond acceptors (Lipinski definition) is 3. The number of nitrogens with zero attached hydrogens (tertiary/aromatic N) is 1. The lowest BCUT2D eigenvalue weighted by molar-refractivity contribution is -0.138. The molecule has 0 bridgehead atoms. The van der Waals surface area contributed by atoms with Gasteiger partial charge in [-0.25, -0.2) is 0 Å². The molecule has 0 atom stereocenters. The van der Waals surface area contributed by atoms with Crippen molar-refractivity contribution in [3.05, 3.63) is 29.3 Å². The summed E-state index contributed by atoms with van der Waals surface area (Å²) < 4.78 is 45.9. The Balaban J connectivity index is 1.73. The third kappa shape index (κ3) is 5.11. The average molecular weight is 356 g/mol. The third-order valence-electron chi connectivity index (χ3n) is 5.21. The van der Waals surface area contributed by atoms with Crippen molar-refractivity contribution in [1.29, 1.82) is 0 Å². The van der Waals surface area contributed by atoms with E-state index in [4.69, 9.17) is 4.74 Å². The number of alkyl halides is 3. The molecule has 2 aliphatic rings. The number of morpholine rings is 1. The van der Waals surface area contributed by atoms with E-state index in [1.54, 1.807) is 6.07 Å². The van der Waals surface area contributed by atoms with E-state index in [1.807, 2.05) is 11.0 Å². The van der Waals surface area contributed by atoms with Gasteiger partial charge in [0.05, 0.1) is 18.8 Å². The zero-order valence-corrected chi connectivity index (χ0v) is 14.6. The van der Waals surface area contributed by atoms with Crippen molar-refractivity contribution in [1.82, 2.24) is 5.32 Å². The SMILES string of the molecule is FC(F)(F)c1cc(N2CCOCC2)ccc1CNC1CCCCCC1. The third-order valence-corrected chi connectivity index (χ3v) is 5.21. The summed E-state index contributed by atoms with van der Waals surface area (Å²) in [5.41, 5.74) is 0.459. The summed E-state index contributed by atoms with van der Waals surface area (Å²) in [6, 6.07) is 5.08. The summed E-state index contributed by atoms with van der Waals surface area (Å²) in [5, 5.41) is 3.36. The van der Waals surface area contributed by atoms with Gasteiger partial charge in [-0.05, 0) is 30.5 Å². The lowest BCUT2D eigenvalue weighted by Gasteiger charge is -2.30. The lowest BCUT2D eigenvalue weighted by Crippen LogP contribution is -2.36. The number of anilines is 1. The summed E-state index contributed by atoms with van der Waals surface area (Å²) in [7, 11) is 0. The van der Waals surface area contributed by atoms with E-state index in [9.17, 15) is 13.2 Å². The maximum atomic E-state index is 13.6. The van der Waals surface area contributed by atoms with Crippen LogP contribution in [0.4, 0.5) is 18.9 Å². The van der Waals surface area contributed by atoms with Gasteiger partial charge in [0.1, 0.15) is 0 Å². The lowest BCUT2D eigenvalue weighted by atomic mass is 10.0. The molecule has 3 nitrogen and oxygen atoms in total. The van der Waals surface area contributed by atoms with Crippen molar-refractivity contribution in [3.8, 4) is 0 Å². The molecule has 0 radical (unpaired) electrons. The van der Waals surface area contributed by atoms with Crippen molar-refractivity contribution < 1.29 is 17.9 Å². The average Bonchev–Trinajstić information content (AvgIpc) is 2.88. The monoisotopic (exact) mass is 356 g/mol. The van der Waals surface area contributed by atoms with Crippen molar-refractivity contribution in [3.63, 3.8) is 0 Å². The topological polar surface area (TPSA) is 24.5 Å². The minimum absolute atomic E-state index is 0.281. The molecule has 6 heteroatoms. The predicted octanol–water partition coefficient (Wildman–Crippen LogP) is 4.35. The molecule has 1 heterocycles. The van der Waals surface area contributed by atoms with Crippen LogP contribution in [0.15, 0.2) is 18.2 Å². The highest BCUT2D eigenvalue weighted by Gasteiger charge is 2.34. The van der Waals surface area contributed by atoms with Gasteiger partial charge >= 0.3 is 6.18 Å². The molecule has 1 N–H and O–H groups in total. The van der Waals surface area contributed by atoms with Gasteiger partial charge in [-0.1, -0.05) is 31.7 Å². The van der Waals surface area contributed by atoms with Gasteiger partial charge in [0, 0.05) is 31.4 Å². The van der Waals surface area contributed by atoms with Crippen molar-refractivity contribution in [2.45, 2.75) is 57.3 Å². The first-order valence-corrected chi connectivity index (χ1v) is 9.30. The molecule has 0 amide bonds. The molecule has 2 fully saturated rings. The molecule has 140 valence electrons. The summed E-state index contributed by atoms with van der Waals surface area (Å²) in [6.07, 6.45) is 2.60. The number of hydrogen-bond donors (Lipinski definition) is 1. The van der Waals surface area contributed by atoms with Crippen LogP contribution in [-0.2, 0) is 17.5 Å². The molecule has 1 saturated heterocycles. The quantitative estimate of drug-likeness (QED) is 0.812. The van der Waals surface area contributed by atoms with Crippen LogP contribution in [-0.4, -0.2) is 32.3 Å². The first-order valence-electron chi connectivity index (χ1n) is 9.30. The minimum atomic E-state index is -4.33. The Hall–Kier alpha value is -1.27. The number of benzene rings is 1. The molecule has 0 unspecified atom stereocenters.